The van der Waals surface area contributed by atoms with E-state index < -0.39 is 5.72 Å². The highest BCUT2D eigenvalue weighted by atomic mass is 35.5. The van der Waals surface area contributed by atoms with Gasteiger partial charge in [0.2, 0.25) is 0 Å². The Labute approximate surface area is 196 Å². The van der Waals surface area contributed by atoms with Crippen molar-refractivity contribution in [2.45, 2.75) is 66.8 Å². The van der Waals surface area contributed by atoms with Crippen LogP contribution in [0.2, 0.25) is 0 Å². The lowest BCUT2D eigenvalue weighted by atomic mass is 9.66. The van der Waals surface area contributed by atoms with Crippen LogP contribution in [-0.2, 0) is 10.5 Å². The van der Waals surface area contributed by atoms with Crippen molar-refractivity contribution < 1.29 is 26.4 Å². The average Bonchev–Trinajstić information content (AvgIpc) is 2.65. The molecule has 0 fully saturated rings. The van der Waals surface area contributed by atoms with Gasteiger partial charge in [0.05, 0.1) is 31.7 Å². The summed E-state index contributed by atoms with van der Waals surface area (Å²) in [7, 11) is 4.47. The maximum Gasteiger partial charge on any atom is 0.276 e. The lowest BCUT2D eigenvalue weighted by molar-refractivity contribution is -1.02. The molecule has 0 aromatic heterocycles. The molecule has 0 bridgehead atoms. The minimum absolute atomic E-state index is 0. The second-order valence-electron chi connectivity index (χ2n) is 10.6. The summed E-state index contributed by atoms with van der Waals surface area (Å²) in [4.78, 5) is 0. The van der Waals surface area contributed by atoms with Crippen LogP contribution in [0.5, 0.6) is 5.75 Å². The van der Waals surface area contributed by atoms with Gasteiger partial charge in [-0.3, -0.25) is 4.48 Å². The normalized spacial score (nSPS) is 15.5. The standard InChI is InChI=1S/C27H42NO2.ClH/c1-10-29-22(2)28(8,9)27(23-17-13-11-14-18-23,26(6,7)21-25(3,4)5)30-24-19-15-12-16-20-24;/h11-20,22H,10,21H2,1-9H3;1H/q+1;/p-1. The van der Waals surface area contributed by atoms with Crippen molar-refractivity contribution >= 4 is 0 Å². The first-order valence-electron chi connectivity index (χ1n) is 11.1. The van der Waals surface area contributed by atoms with Crippen molar-refractivity contribution in [2.75, 3.05) is 20.7 Å². The van der Waals surface area contributed by atoms with E-state index >= 15 is 0 Å². The van der Waals surface area contributed by atoms with Gasteiger partial charge in [-0.05, 0) is 56.9 Å². The summed E-state index contributed by atoms with van der Waals surface area (Å²) in [5.41, 5.74) is 0.424. The van der Waals surface area contributed by atoms with E-state index in [0.29, 0.717) is 11.1 Å². The molecule has 2 atom stereocenters. The third-order valence-corrected chi connectivity index (χ3v) is 6.19. The van der Waals surface area contributed by atoms with Gasteiger partial charge in [-0.2, -0.15) is 0 Å². The predicted octanol–water partition coefficient (Wildman–Crippen LogP) is 3.84. The van der Waals surface area contributed by atoms with Crippen molar-refractivity contribution in [3.8, 4) is 5.75 Å². The van der Waals surface area contributed by atoms with Gasteiger partial charge in [0, 0.05) is 6.92 Å². The maximum atomic E-state index is 7.12. The van der Waals surface area contributed by atoms with E-state index in [1.165, 1.54) is 5.56 Å². The van der Waals surface area contributed by atoms with Crippen LogP contribution in [0.15, 0.2) is 60.7 Å². The topological polar surface area (TPSA) is 18.5 Å². The number of hydrogen-bond donors (Lipinski definition) is 0. The number of ether oxygens (including phenoxy) is 2. The average molecular weight is 448 g/mol. The number of hydrogen-bond acceptors (Lipinski definition) is 2. The summed E-state index contributed by atoms with van der Waals surface area (Å²) >= 11 is 0. The molecular weight excluding hydrogens is 406 g/mol. The molecule has 2 unspecified atom stereocenters. The quantitative estimate of drug-likeness (QED) is 0.429. The largest absolute Gasteiger partial charge is 1.00 e. The number of nitrogens with zero attached hydrogens (tertiary/aromatic N) is 1. The Morgan fingerprint density at radius 3 is 1.77 bits per heavy atom. The van der Waals surface area contributed by atoms with Gasteiger partial charge in [-0.25, -0.2) is 0 Å². The molecule has 2 aromatic carbocycles. The zero-order valence-corrected chi connectivity index (χ0v) is 21.7. The fraction of sp³-hybridized carbons (Fsp3) is 0.556. The van der Waals surface area contributed by atoms with Crippen LogP contribution in [0.1, 0.15) is 60.5 Å². The molecule has 0 spiro atoms. The molecule has 2 aromatic rings. The first-order valence-corrected chi connectivity index (χ1v) is 11.1. The lowest BCUT2D eigenvalue weighted by Gasteiger charge is -2.58. The van der Waals surface area contributed by atoms with E-state index in [9.17, 15) is 0 Å². The fourth-order valence-corrected chi connectivity index (χ4v) is 5.27. The Morgan fingerprint density at radius 2 is 1.32 bits per heavy atom. The van der Waals surface area contributed by atoms with Crippen LogP contribution in [0.4, 0.5) is 0 Å². The van der Waals surface area contributed by atoms with Crippen LogP contribution in [-0.4, -0.2) is 31.4 Å². The Hall–Kier alpha value is -1.55. The van der Waals surface area contributed by atoms with Crippen LogP contribution >= 0.6 is 0 Å². The minimum Gasteiger partial charge on any atom is -1.00 e. The number of halogens is 1. The van der Waals surface area contributed by atoms with Crippen LogP contribution in [0, 0.1) is 10.8 Å². The molecule has 3 nitrogen and oxygen atoms in total. The summed E-state index contributed by atoms with van der Waals surface area (Å²) in [5, 5.41) is 0. The van der Waals surface area contributed by atoms with Gasteiger partial charge in [0.25, 0.3) is 5.72 Å². The van der Waals surface area contributed by atoms with Crippen molar-refractivity contribution in [2.24, 2.45) is 10.8 Å². The van der Waals surface area contributed by atoms with Crippen molar-refractivity contribution in [3.05, 3.63) is 66.2 Å². The number of para-hydroxylation sites is 1. The number of rotatable bonds is 9. The van der Waals surface area contributed by atoms with Crippen LogP contribution in [0.3, 0.4) is 0 Å². The zero-order valence-electron chi connectivity index (χ0n) is 20.9. The van der Waals surface area contributed by atoms with E-state index in [1.807, 2.05) is 18.2 Å². The van der Waals surface area contributed by atoms with E-state index in [-0.39, 0.29) is 29.5 Å². The number of benzene rings is 2. The first kappa shape index (κ1) is 27.5. The Morgan fingerprint density at radius 1 is 0.839 bits per heavy atom. The Kier molecular flexibility index (Phi) is 9.20. The second kappa shape index (κ2) is 10.4. The molecule has 0 aliphatic carbocycles. The predicted molar refractivity (Wildman–Crippen MR) is 126 cm³/mol. The molecule has 0 saturated carbocycles. The molecule has 0 radical (unpaired) electrons. The molecule has 0 heterocycles. The second-order valence-corrected chi connectivity index (χ2v) is 10.6. The van der Waals surface area contributed by atoms with E-state index in [1.54, 1.807) is 0 Å². The van der Waals surface area contributed by atoms with Crippen molar-refractivity contribution in [1.29, 1.82) is 0 Å². The van der Waals surface area contributed by atoms with Gasteiger partial charge >= 0.3 is 0 Å². The van der Waals surface area contributed by atoms with Gasteiger partial charge in [-0.1, -0.05) is 57.2 Å². The summed E-state index contributed by atoms with van der Waals surface area (Å²) in [6, 6.07) is 20.9. The smallest absolute Gasteiger partial charge is 0.276 e. The third kappa shape index (κ3) is 5.83. The Balaban J connectivity index is 0.00000480. The van der Waals surface area contributed by atoms with Crippen molar-refractivity contribution in [1.82, 2.24) is 0 Å². The first-order chi connectivity index (χ1) is 13.9. The van der Waals surface area contributed by atoms with E-state index in [2.05, 4.69) is 105 Å². The molecule has 0 saturated heterocycles. The van der Waals surface area contributed by atoms with E-state index in [0.717, 1.165) is 12.2 Å². The van der Waals surface area contributed by atoms with Gasteiger partial charge < -0.3 is 21.9 Å². The van der Waals surface area contributed by atoms with Crippen molar-refractivity contribution in [3.63, 3.8) is 0 Å². The highest BCUT2D eigenvalue weighted by molar-refractivity contribution is 5.28. The zero-order chi connectivity index (χ0) is 22.6. The van der Waals surface area contributed by atoms with E-state index in [4.69, 9.17) is 9.47 Å². The summed E-state index contributed by atoms with van der Waals surface area (Å²) in [6.45, 7) is 16.5. The molecule has 0 amide bonds. The minimum atomic E-state index is -0.669. The summed E-state index contributed by atoms with van der Waals surface area (Å²) < 4.78 is 13.9. The molecular formula is C27H42ClNO2. The molecule has 0 aliphatic heterocycles. The third-order valence-electron chi connectivity index (χ3n) is 6.19. The maximum absolute atomic E-state index is 7.12. The molecule has 2 rings (SSSR count). The van der Waals surface area contributed by atoms with Crippen LogP contribution in [0.25, 0.3) is 0 Å². The highest BCUT2D eigenvalue weighted by Crippen LogP contribution is 2.54. The number of quaternary nitrogens is 1. The SMILES string of the molecule is CCOC(C)[N+](C)(C)C(Oc1ccccc1)(c1ccccc1)C(C)(C)CC(C)(C)C.[Cl-]. The molecule has 174 valence electrons. The van der Waals surface area contributed by atoms with Gasteiger partial charge in [-0.15, -0.1) is 0 Å². The highest BCUT2D eigenvalue weighted by Gasteiger charge is 2.63. The fourth-order valence-electron chi connectivity index (χ4n) is 5.27. The van der Waals surface area contributed by atoms with Gasteiger partial charge in [0.1, 0.15) is 5.75 Å². The molecule has 0 aliphatic rings. The van der Waals surface area contributed by atoms with Gasteiger partial charge in [0.15, 0.2) is 6.23 Å². The monoisotopic (exact) mass is 447 g/mol. The molecule has 0 N–H and O–H groups in total. The van der Waals surface area contributed by atoms with Crippen LogP contribution < -0.4 is 17.1 Å². The Bertz CT molecular complexity index is 784. The molecule has 31 heavy (non-hydrogen) atoms. The molecule has 4 heteroatoms. The lowest BCUT2D eigenvalue weighted by Crippen LogP contribution is -3.00. The summed E-state index contributed by atoms with van der Waals surface area (Å²) in [6.07, 6.45) is 0.931. The summed E-state index contributed by atoms with van der Waals surface area (Å²) in [5.74, 6) is 0.873.